The standard InChI is InChI=1S/C24H23F3N4O4/c25-24(26,27)19-18-17(35-21(19)22(32)29-10-15-13-33-7-8-34-15)9-23(4-5-23)16-12-31(30-20(16)18)11-14-3-1-2-6-28-14/h1-3,6,12,15H,4-5,7-11,13H2,(H,29,32)/t15-/m1/s1. The fourth-order valence-electron chi connectivity index (χ4n) is 4.96. The van der Waals surface area contributed by atoms with Crippen LogP contribution >= 0.6 is 0 Å². The highest BCUT2D eigenvalue weighted by Crippen LogP contribution is 2.59. The van der Waals surface area contributed by atoms with Crippen LogP contribution in [0, 0.1) is 0 Å². The summed E-state index contributed by atoms with van der Waals surface area (Å²) in [7, 11) is 0. The summed E-state index contributed by atoms with van der Waals surface area (Å²) in [4.78, 5) is 17.2. The lowest BCUT2D eigenvalue weighted by Gasteiger charge is -2.23. The number of carbonyl (C=O) groups is 1. The summed E-state index contributed by atoms with van der Waals surface area (Å²) in [5, 5.41) is 7.05. The van der Waals surface area contributed by atoms with Crippen LogP contribution in [0.3, 0.4) is 0 Å². The predicted molar refractivity (Wildman–Crippen MR) is 116 cm³/mol. The molecule has 3 aromatic rings. The molecular formula is C24H23F3N4O4. The third-order valence-electron chi connectivity index (χ3n) is 6.82. The number of aromatic nitrogens is 3. The topological polar surface area (TPSA) is 91.4 Å². The van der Waals surface area contributed by atoms with Crippen LogP contribution in [0.5, 0.6) is 0 Å². The van der Waals surface area contributed by atoms with Gasteiger partial charge >= 0.3 is 6.18 Å². The summed E-state index contributed by atoms with van der Waals surface area (Å²) in [6.07, 6.45) is 0.217. The zero-order valence-corrected chi connectivity index (χ0v) is 18.7. The maximum Gasteiger partial charge on any atom is 0.420 e. The quantitative estimate of drug-likeness (QED) is 0.593. The van der Waals surface area contributed by atoms with E-state index in [1.807, 2.05) is 18.3 Å². The first-order chi connectivity index (χ1) is 16.8. The van der Waals surface area contributed by atoms with Crippen molar-refractivity contribution >= 4 is 5.91 Å². The first kappa shape index (κ1) is 22.3. The molecular weight excluding hydrogens is 465 g/mol. The number of ether oxygens (including phenoxy) is 2. The van der Waals surface area contributed by atoms with Crippen molar-refractivity contribution in [2.24, 2.45) is 0 Å². The van der Waals surface area contributed by atoms with Crippen LogP contribution in [0.4, 0.5) is 13.2 Å². The van der Waals surface area contributed by atoms with Crippen LogP contribution in [-0.2, 0) is 34.0 Å². The van der Waals surface area contributed by atoms with E-state index in [0.29, 0.717) is 26.2 Å². The molecule has 8 nitrogen and oxygen atoms in total. The lowest BCUT2D eigenvalue weighted by molar-refractivity contribution is -0.137. The van der Waals surface area contributed by atoms with Crippen molar-refractivity contribution in [2.75, 3.05) is 26.4 Å². The van der Waals surface area contributed by atoms with Crippen LogP contribution in [0.15, 0.2) is 35.0 Å². The number of hydrogen-bond donors (Lipinski definition) is 1. The summed E-state index contributed by atoms with van der Waals surface area (Å²) in [6, 6.07) is 5.48. The van der Waals surface area contributed by atoms with Gasteiger partial charge in [0, 0.05) is 36.3 Å². The minimum Gasteiger partial charge on any atom is -0.454 e. The Kier molecular flexibility index (Phi) is 5.22. The third-order valence-corrected chi connectivity index (χ3v) is 6.82. The molecule has 11 heteroatoms. The van der Waals surface area contributed by atoms with Gasteiger partial charge < -0.3 is 19.2 Å². The number of alkyl halides is 3. The summed E-state index contributed by atoms with van der Waals surface area (Å²) in [6.45, 7) is 1.44. The first-order valence-electron chi connectivity index (χ1n) is 11.5. The van der Waals surface area contributed by atoms with Crippen molar-refractivity contribution in [1.29, 1.82) is 0 Å². The van der Waals surface area contributed by atoms with Crippen molar-refractivity contribution in [1.82, 2.24) is 20.1 Å². The van der Waals surface area contributed by atoms with Crippen molar-refractivity contribution in [3.05, 3.63) is 58.9 Å². The largest absolute Gasteiger partial charge is 0.454 e. The molecule has 1 saturated carbocycles. The Labute approximate surface area is 198 Å². The van der Waals surface area contributed by atoms with E-state index in [9.17, 15) is 18.0 Å². The molecule has 1 saturated heterocycles. The number of furan rings is 1. The van der Waals surface area contributed by atoms with E-state index in [4.69, 9.17) is 13.9 Å². The average Bonchev–Trinajstić information content (AvgIpc) is 3.29. The number of amides is 1. The summed E-state index contributed by atoms with van der Waals surface area (Å²) in [5.41, 5.74) is 0.241. The molecule has 0 radical (unpaired) electrons. The van der Waals surface area contributed by atoms with Crippen molar-refractivity contribution in [3.63, 3.8) is 0 Å². The summed E-state index contributed by atoms with van der Waals surface area (Å²) in [5.74, 6) is -1.50. The molecule has 1 aliphatic heterocycles. The molecule has 1 amide bonds. The van der Waals surface area contributed by atoms with Crippen molar-refractivity contribution in [3.8, 4) is 11.3 Å². The van der Waals surface area contributed by atoms with Gasteiger partial charge in [0.1, 0.15) is 17.0 Å². The average molecular weight is 488 g/mol. The molecule has 2 aliphatic carbocycles. The molecule has 0 unspecified atom stereocenters. The zero-order chi connectivity index (χ0) is 24.2. The molecule has 184 valence electrons. The second kappa shape index (κ2) is 8.20. The fourth-order valence-corrected chi connectivity index (χ4v) is 4.96. The maximum absolute atomic E-state index is 14.4. The molecule has 1 N–H and O–H groups in total. The van der Waals surface area contributed by atoms with Gasteiger partial charge in [0.25, 0.3) is 5.91 Å². The van der Waals surface area contributed by atoms with Gasteiger partial charge in [-0.15, -0.1) is 0 Å². The smallest absolute Gasteiger partial charge is 0.420 e. The number of hydrogen-bond acceptors (Lipinski definition) is 6. The molecule has 2 fully saturated rings. The van der Waals surface area contributed by atoms with E-state index in [1.54, 1.807) is 16.9 Å². The van der Waals surface area contributed by atoms with Gasteiger partial charge in [-0.25, -0.2) is 0 Å². The number of halogens is 3. The summed E-state index contributed by atoms with van der Waals surface area (Å²) >= 11 is 0. The Morgan fingerprint density at radius 2 is 2.11 bits per heavy atom. The van der Waals surface area contributed by atoms with Gasteiger partial charge in [0.2, 0.25) is 5.76 Å². The Hall–Kier alpha value is -3.18. The Morgan fingerprint density at radius 1 is 1.26 bits per heavy atom. The van der Waals surface area contributed by atoms with Gasteiger partial charge in [-0.2, -0.15) is 18.3 Å². The van der Waals surface area contributed by atoms with Gasteiger partial charge in [0.15, 0.2) is 0 Å². The molecule has 4 heterocycles. The molecule has 3 aromatic heterocycles. The SMILES string of the molecule is O=C(NC[C@@H]1COCCO1)c1oc2c(c1C(F)(F)F)-c1nn(Cc3ccccn3)cc1C1(CC1)C2. The first-order valence-corrected chi connectivity index (χ1v) is 11.5. The number of fused-ring (bicyclic) bond motifs is 4. The second-order valence-electron chi connectivity index (χ2n) is 9.25. The molecule has 1 atom stereocenters. The minimum atomic E-state index is -4.80. The monoisotopic (exact) mass is 488 g/mol. The van der Waals surface area contributed by atoms with Crippen LogP contribution in [-0.4, -0.2) is 53.1 Å². The van der Waals surface area contributed by atoms with Crippen LogP contribution < -0.4 is 5.32 Å². The lowest BCUT2D eigenvalue weighted by Crippen LogP contribution is -2.40. The summed E-state index contributed by atoms with van der Waals surface area (Å²) < 4.78 is 61.1. The second-order valence-corrected chi connectivity index (χ2v) is 9.25. The fraction of sp³-hybridized carbons (Fsp3) is 0.458. The van der Waals surface area contributed by atoms with E-state index in [0.717, 1.165) is 24.1 Å². The maximum atomic E-state index is 14.4. The van der Waals surface area contributed by atoms with Crippen LogP contribution in [0.1, 0.15) is 46.0 Å². The minimum absolute atomic E-state index is 0.0232. The highest BCUT2D eigenvalue weighted by molar-refractivity contribution is 5.96. The van der Waals surface area contributed by atoms with Crippen molar-refractivity contribution < 1.29 is 31.9 Å². The van der Waals surface area contributed by atoms with E-state index >= 15 is 0 Å². The highest BCUT2D eigenvalue weighted by Gasteiger charge is 2.55. The van der Waals surface area contributed by atoms with E-state index in [2.05, 4.69) is 15.4 Å². The number of nitrogens with one attached hydrogen (secondary N) is 1. The molecule has 6 rings (SSSR count). The number of pyridine rings is 1. The third kappa shape index (κ3) is 4.02. The number of rotatable bonds is 5. The van der Waals surface area contributed by atoms with Gasteiger partial charge in [-0.1, -0.05) is 6.07 Å². The van der Waals surface area contributed by atoms with Gasteiger partial charge in [0.05, 0.1) is 43.7 Å². The Morgan fingerprint density at radius 3 is 2.80 bits per heavy atom. The Bertz CT molecular complexity index is 1260. The van der Waals surface area contributed by atoms with Crippen LogP contribution in [0.2, 0.25) is 0 Å². The van der Waals surface area contributed by atoms with Gasteiger partial charge in [-0.3, -0.25) is 14.5 Å². The number of carbonyl (C=O) groups excluding carboxylic acids is 1. The highest BCUT2D eigenvalue weighted by atomic mass is 19.4. The molecule has 0 aromatic carbocycles. The molecule has 1 spiro atoms. The number of nitrogens with zero attached hydrogens (tertiary/aromatic N) is 3. The molecule has 0 bridgehead atoms. The zero-order valence-electron chi connectivity index (χ0n) is 18.7. The molecule has 3 aliphatic rings. The normalized spacial score (nSPS) is 20.4. The van der Waals surface area contributed by atoms with E-state index < -0.39 is 29.5 Å². The van der Waals surface area contributed by atoms with E-state index in [1.165, 1.54) is 0 Å². The van der Waals surface area contributed by atoms with Crippen LogP contribution in [0.25, 0.3) is 11.3 Å². The lowest BCUT2D eigenvalue weighted by atomic mass is 9.82. The van der Waals surface area contributed by atoms with E-state index in [-0.39, 0.29) is 35.6 Å². The Balaban J connectivity index is 1.37. The van der Waals surface area contributed by atoms with Gasteiger partial charge in [-0.05, 0) is 25.0 Å². The molecule has 35 heavy (non-hydrogen) atoms. The predicted octanol–water partition coefficient (Wildman–Crippen LogP) is 3.34. The van der Waals surface area contributed by atoms with Crippen molar-refractivity contribution in [2.45, 2.75) is 43.5 Å².